The minimum Gasteiger partial charge on any atom is -0.398 e. The van der Waals surface area contributed by atoms with E-state index in [2.05, 4.69) is 30.8 Å². The van der Waals surface area contributed by atoms with Gasteiger partial charge in [-0.05, 0) is 35.0 Å². The molecule has 1 aromatic heterocycles. The highest BCUT2D eigenvalue weighted by molar-refractivity contribution is 9.10. The summed E-state index contributed by atoms with van der Waals surface area (Å²) in [6, 6.07) is 2.03. The largest absolute Gasteiger partial charge is 0.398 e. The lowest BCUT2D eigenvalue weighted by molar-refractivity contribution is 0.570. The van der Waals surface area contributed by atoms with Gasteiger partial charge in [-0.3, -0.25) is 4.72 Å². The Morgan fingerprint density at radius 1 is 1.42 bits per heavy atom. The molecule has 0 fully saturated rings. The van der Waals surface area contributed by atoms with Gasteiger partial charge in [0.05, 0.1) is 0 Å². The van der Waals surface area contributed by atoms with Gasteiger partial charge in [0.2, 0.25) is 5.13 Å². The van der Waals surface area contributed by atoms with Crippen molar-refractivity contribution in [2.45, 2.75) is 11.8 Å². The van der Waals surface area contributed by atoms with Gasteiger partial charge in [-0.2, -0.15) is 0 Å². The lowest BCUT2D eigenvalue weighted by Gasteiger charge is -2.07. The SMILES string of the molecule is Cc1nnc(NS(=O)(=O)c2cc(N)c(Br)cc2F)s1. The number of aryl methyl sites for hydroxylation is 1. The molecule has 0 radical (unpaired) electrons. The van der Waals surface area contributed by atoms with Crippen LogP contribution in [0.5, 0.6) is 0 Å². The molecule has 0 amide bonds. The fourth-order valence-electron chi connectivity index (χ4n) is 1.26. The minimum atomic E-state index is -4.09. The first-order valence-electron chi connectivity index (χ1n) is 4.87. The number of hydrogen-bond donors (Lipinski definition) is 2. The Morgan fingerprint density at radius 3 is 2.68 bits per heavy atom. The van der Waals surface area contributed by atoms with Crippen LogP contribution in [0.1, 0.15) is 5.01 Å². The van der Waals surface area contributed by atoms with Gasteiger partial charge >= 0.3 is 0 Å². The second-order valence-corrected chi connectivity index (χ2v) is 7.22. The Hall–Kier alpha value is -1.26. The highest BCUT2D eigenvalue weighted by Crippen LogP contribution is 2.27. The number of anilines is 2. The maximum Gasteiger partial charge on any atom is 0.266 e. The molecule has 0 aliphatic rings. The van der Waals surface area contributed by atoms with Gasteiger partial charge in [0, 0.05) is 10.2 Å². The topological polar surface area (TPSA) is 98.0 Å². The number of nitrogens with one attached hydrogen (secondary N) is 1. The van der Waals surface area contributed by atoms with Crippen LogP contribution in [0.15, 0.2) is 21.5 Å². The van der Waals surface area contributed by atoms with Crippen molar-refractivity contribution >= 4 is 48.1 Å². The Labute approximate surface area is 121 Å². The fourth-order valence-corrected chi connectivity index (χ4v) is 3.49. The van der Waals surface area contributed by atoms with E-state index in [1.54, 1.807) is 6.92 Å². The van der Waals surface area contributed by atoms with Crippen LogP contribution in [0.4, 0.5) is 15.2 Å². The number of nitrogens with zero attached hydrogens (tertiary/aromatic N) is 2. The predicted octanol–water partition coefficient (Wildman–Crippen LogP) is 2.13. The highest BCUT2D eigenvalue weighted by atomic mass is 79.9. The van der Waals surface area contributed by atoms with Crippen molar-refractivity contribution in [2.24, 2.45) is 0 Å². The van der Waals surface area contributed by atoms with Crippen LogP contribution in [0.25, 0.3) is 0 Å². The van der Waals surface area contributed by atoms with Crippen LogP contribution >= 0.6 is 27.3 Å². The van der Waals surface area contributed by atoms with Gasteiger partial charge in [0.1, 0.15) is 15.7 Å². The molecule has 0 unspecified atom stereocenters. The molecule has 0 saturated heterocycles. The zero-order valence-electron chi connectivity index (χ0n) is 9.52. The number of nitrogen functional groups attached to an aromatic ring is 1. The number of aromatic nitrogens is 2. The van der Waals surface area contributed by atoms with E-state index in [4.69, 9.17) is 5.73 Å². The summed E-state index contributed by atoms with van der Waals surface area (Å²) in [4.78, 5) is -0.541. The van der Waals surface area contributed by atoms with Crippen molar-refractivity contribution in [3.8, 4) is 0 Å². The molecule has 1 aromatic carbocycles. The number of nitrogens with two attached hydrogens (primary N) is 1. The molecule has 0 saturated carbocycles. The number of hydrogen-bond acceptors (Lipinski definition) is 6. The van der Waals surface area contributed by atoms with Crippen LogP contribution in [-0.2, 0) is 10.0 Å². The van der Waals surface area contributed by atoms with Crippen molar-refractivity contribution in [3.05, 3.63) is 27.4 Å². The maximum absolute atomic E-state index is 13.7. The summed E-state index contributed by atoms with van der Waals surface area (Å²) in [5.74, 6) is -0.908. The van der Waals surface area contributed by atoms with Gasteiger partial charge in [-0.25, -0.2) is 12.8 Å². The van der Waals surface area contributed by atoms with Crippen molar-refractivity contribution in [1.29, 1.82) is 0 Å². The molecule has 6 nitrogen and oxygen atoms in total. The van der Waals surface area contributed by atoms with Gasteiger partial charge in [-0.1, -0.05) is 11.3 Å². The Kier molecular flexibility index (Phi) is 3.74. The van der Waals surface area contributed by atoms with E-state index in [9.17, 15) is 12.8 Å². The van der Waals surface area contributed by atoms with E-state index < -0.39 is 20.7 Å². The number of benzene rings is 1. The summed E-state index contributed by atoms with van der Waals surface area (Å²) < 4.78 is 40.2. The molecule has 10 heteroatoms. The van der Waals surface area contributed by atoms with Gasteiger partial charge in [0.25, 0.3) is 10.0 Å². The molecule has 0 aliphatic carbocycles. The van der Waals surface area contributed by atoms with Gasteiger partial charge in [-0.15, -0.1) is 10.2 Å². The van der Waals surface area contributed by atoms with Crippen molar-refractivity contribution in [2.75, 3.05) is 10.5 Å². The summed E-state index contributed by atoms with van der Waals surface area (Å²) in [6.45, 7) is 1.67. The first-order valence-corrected chi connectivity index (χ1v) is 7.96. The summed E-state index contributed by atoms with van der Waals surface area (Å²) in [7, 11) is -4.09. The Morgan fingerprint density at radius 2 is 2.11 bits per heavy atom. The fraction of sp³-hybridized carbons (Fsp3) is 0.111. The third-order valence-electron chi connectivity index (χ3n) is 2.09. The number of rotatable bonds is 3. The average molecular weight is 367 g/mol. The van der Waals surface area contributed by atoms with Crippen molar-refractivity contribution < 1.29 is 12.8 Å². The van der Waals surface area contributed by atoms with Gasteiger partial charge in [0.15, 0.2) is 0 Å². The molecule has 0 bridgehead atoms. The van der Waals surface area contributed by atoms with Crippen LogP contribution in [-0.4, -0.2) is 18.6 Å². The van der Waals surface area contributed by atoms with E-state index in [1.165, 1.54) is 0 Å². The average Bonchev–Trinajstić information content (AvgIpc) is 2.68. The molecular weight excluding hydrogens is 359 g/mol. The Bertz CT molecular complexity index is 732. The standard InChI is InChI=1S/C9H8BrFN4O2S2/c1-4-13-14-9(18-4)15-19(16,17)8-3-7(12)5(10)2-6(8)11/h2-3H,12H2,1H3,(H,14,15). The zero-order chi connectivity index (χ0) is 14.2. The summed E-state index contributed by atoms with van der Waals surface area (Å²) >= 11 is 4.06. The third kappa shape index (κ3) is 3.01. The molecule has 102 valence electrons. The van der Waals surface area contributed by atoms with Crippen LogP contribution in [0.3, 0.4) is 0 Å². The molecule has 0 atom stereocenters. The maximum atomic E-state index is 13.7. The predicted molar refractivity (Wildman–Crippen MR) is 74.0 cm³/mol. The highest BCUT2D eigenvalue weighted by Gasteiger charge is 2.22. The van der Waals surface area contributed by atoms with E-state index in [-0.39, 0.29) is 15.3 Å². The molecule has 19 heavy (non-hydrogen) atoms. The molecule has 0 spiro atoms. The van der Waals surface area contributed by atoms with E-state index in [1.807, 2.05) is 0 Å². The van der Waals surface area contributed by atoms with Gasteiger partial charge < -0.3 is 5.73 Å². The lowest BCUT2D eigenvalue weighted by atomic mass is 10.3. The smallest absolute Gasteiger partial charge is 0.266 e. The minimum absolute atomic E-state index is 0.0680. The molecule has 1 heterocycles. The second-order valence-electron chi connectivity index (χ2n) is 3.54. The van der Waals surface area contributed by atoms with E-state index in [0.29, 0.717) is 5.01 Å². The van der Waals surface area contributed by atoms with E-state index >= 15 is 0 Å². The zero-order valence-corrected chi connectivity index (χ0v) is 12.7. The van der Waals surface area contributed by atoms with E-state index in [0.717, 1.165) is 23.5 Å². The van der Waals surface area contributed by atoms with Crippen LogP contribution < -0.4 is 10.5 Å². The second kappa shape index (κ2) is 5.02. The summed E-state index contributed by atoms with van der Waals surface area (Å²) in [6.07, 6.45) is 0. The van der Waals surface area contributed by atoms with Crippen molar-refractivity contribution in [3.63, 3.8) is 0 Å². The summed E-state index contributed by atoms with van der Waals surface area (Å²) in [5, 5.41) is 7.93. The molecule has 2 aromatic rings. The summed E-state index contributed by atoms with van der Waals surface area (Å²) in [5.41, 5.74) is 5.67. The molecule has 0 aliphatic heterocycles. The quantitative estimate of drug-likeness (QED) is 0.810. The molecule has 3 N–H and O–H groups in total. The first-order chi connectivity index (χ1) is 8.79. The first kappa shape index (κ1) is 14.2. The normalized spacial score (nSPS) is 11.5. The molecular formula is C9H8BrFN4O2S2. The number of halogens is 2. The Balaban J connectivity index is 2.42. The molecule has 2 rings (SSSR count). The third-order valence-corrected chi connectivity index (χ3v) is 5.01. The van der Waals surface area contributed by atoms with Crippen LogP contribution in [0, 0.1) is 12.7 Å². The monoisotopic (exact) mass is 366 g/mol. The number of sulfonamides is 1. The van der Waals surface area contributed by atoms with Crippen LogP contribution in [0.2, 0.25) is 0 Å². The van der Waals surface area contributed by atoms with Crippen molar-refractivity contribution in [1.82, 2.24) is 10.2 Å². The lowest BCUT2D eigenvalue weighted by Crippen LogP contribution is -2.15.